The van der Waals surface area contributed by atoms with Gasteiger partial charge in [0.2, 0.25) is 0 Å². The van der Waals surface area contributed by atoms with Crippen LogP contribution >= 0.6 is 15.9 Å². The Labute approximate surface area is 120 Å². The predicted molar refractivity (Wildman–Crippen MR) is 84.0 cm³/mol. The standard InChI is InChI=1S/C15H25BrN2/c1-4-5-6-7-18(12(2)3)15-9-13(11-17)8-14(16)10-15/h8-10,12H,4-7,11,17H2,1-3H3. The van der Waals surface area contributed by atoms with Crippen molar-refractivity contribution in [2.45, 2.75) is 52.6 Å². The average Bonchev–Trinajstić information content (AvgIpc) is 2.33. The highest BCUT2D eigenvalue weighted by Gasteiger charge is 2.11. The molecular formula is C15H25BrN2. The number of benzene rings is 1. The summed E-state index contributed by atoms with van der Waals surface area (Å²) < 4.78 is 1.11. The van der Waals surface area contributed by atoms with Crippen LogP contribution in [0.4, 0.5) is 5.69 Å². The Morgan fingerprint density at radius 3 is 2.50 bits per heavy atom. The Bertz CT molecular complexity index is 364. The molecule has 0 aliphatic carbocycles. The van der Waals surface area contributed by atoms with Crippen molar-refractivity contribution in [3.8, 4) is 0 Å². The van der Waals surface area contributed by atoms with Gasteiger partial charge < -0.3 is 10.6 Å². The molecule has 0 bridgehead atoms. The van der Waals surface area contributed by atoms with Gasteiger partial charge in [0, 0.05) is 29.3 Å². The number of nitrogens with two attached hydrogens (primary N) is 1. The lowest BCUT2D eigenvalue weighted by atomic mass is 10.1. The third kappa shape index (κ3) is 4.62. The van der Waals surface area contributed by atoms with Gasteiger partial charge in [-0.15, -0.1) is 0 Å². The van der Waals surface area contributed by atoms with Crippen LogP contribution in [0, 0.1) is 0 Å². The van der Waals surface area contributed by atoms with Gasteiger partial charge in [0.15, 0.2) is 0 Å². The van der Waals surface area contributed by atoms with Crippen molar-refractivity contribution in [2.24, 2.45) is 5.73 Å². The maximum atomic E-state index is 5.75. The van der Waals surface area contributed by atoms with Crippen molar-refractivity contribution in [2.75, 3.05) is 11.4 Å². The fourth-order valence-electron chi connectivity index (χ4n) is 2.13. The number of halogens is 1. The van der Waals surface area contributed by atoms with Gasteiger partial charge in [-0.3, -0.25) is 0 Å². The molecule has 2 nitrogen and oxygen atoms in total. The second kappa shape index (κ2) is 7.80. The lowest BCUT2D eigenvalue weighted by Crippen LogP contribution is -2.31. The van der Waals surface area contributed by atoms with Gasteiger partial charge in [-0.1, -0.05) is 35.7 Å². The van der Waals surface area contributed by atoms with Crippen molar-refractivity contribution in [1.29, 1.82) is 0 Å². The zero-order chi connectivity index (χ0) is 13.5. The molecule has 0 heterocycles. The molecule has 1 aromatic carbocycles. The van der Waals surface area contributed by atoms with Crippen molar-refractivity contribution in [3.63, 3.8) is 0 Å². The summed E-state index contributed by atoms with van der Waals surface area (Å²) in [7, 11) is 0. The number of unbranched alkanes of at least 4 members (excludes halogenated alkanes) is 2. The summed E-state index contributed by atoms with van der Waals surface area (Å²) in [5.74, 6) is 0. The van der Waals surface area contributed by atoms with E-state index in [1.54, 1.807) is 0 Å². The molecule has 0 aliphatic rings. The van der Waals surface area contributed by atoms with Crippen LogP contribution in [0.15, 0.2) is 22.7 Å². The summed E-state index contributed by atoms with van der Waals surface area (Å²) in [4.78, 5) is 2.46. The van der Waals surface area contributed by atoms with E-state index in [1.807, 2.05) is 0 Å². The van der Waals surface area contributed by atoms with Crippen LogP contribution < -0.4 is 10.6 Å². The first-order chi connectivity index (χ1) is 8.58. The van der Waals surface area contributed by atoms with E-state index in [9.17, 15) is 0 Å². The first kappa shape index (κ1) is 15.5. The largest absolute Gasteiger partial charge is 0.369 e. The number of rotatable bonds is 7. The fraction of sp³-hybridized carbons (Fsp3) is 0.600. The molecule has 0 atom stereocenters. The maximum Gasteiger partial charge on any atom is 0.0383 e. The van der Waals surface area contributed by atoms with Gasteiger partial charge in [-0.2, -0.15) is 0 Å². The summed E-state index contributed by atoms with van der Waals surface area (Å²) in [5.41, 5.74) is 8.20. The van der Waals surface area contributed by atoms with Crippen molar-refractivity contribution < 1.29 is 0 Å². The van der Waals surface area contributed by atoms with E-state index in [2.05, 4.69) is 59.8 Å². The molecule has 0 saturated heterocycles. The smallest absolute Gasteiger partial charge is 0.0383 e. The third-order valence-electron chi connectivity index (χ3n) is 3.14. The number of hydrogen-bond acceptors (Lipinski definition) is 2. The summed E-state index contributed by atoms with van der Waals surface area (Å²) in [6.07, 6.45) is 3.80. The van der Waals surface area contributed by atoms with Gasteiger partial charge in [0.05, 0.1) is 0 Å². The van der Waals surface area contributed by atoms with E-state index < -0.39 is 0 Å². The second-order valence-electron chi connectivity index (χ2n) is 5.02. The molecular weight excluding hydrogens is 288 g/mol. The van der Waals surface area contributed by atoms with Crippen LogP contribution in [0.5, 0.6) is 0 Å². The fourth-order valence-corrected chi connectivity index (χ4v) is 2.66. The Balaban J connectivity index is 2.87. The summed E-state index contributed by atoms with van der Waals surface area (Å²) in [6.45, 7) is 8.44. The lowest BCUT2D eigenvalue weighted by molar-refractivity contribution is 0.625. The lowest BCUT2D eigenvalue weighted by Gasteiger charge is -2.29. The zero-order valence-electron chi connectivity index (χ0n) is 11.7. The molecule has 0 fully saturated rings. The summed E-state index contributed by atoms with van der Waals surface area (Å²) >= 11 is 3.57. The number of anilines is 1. The Morgan fingerprint density at radius 2 is 1.94 bits per heavy atom. The predicted octanol–water partition coefficient (Wildman–Crippen LogP) is 4.31. The Hall–Kier alpha value is -0.540. The van der Waals surface area contributed by atoms with Crippen molar-refractivity contribution in [1.82, 2.24) is 0 Å². The highest BCUT2D eigenvalue weighted by atomic mass is 79.9. The van der Waals surface area contributed by atoms with E-state index >= 15 is 0 Å². The molecule has 18 heavy (non-hydrogen) atoms. The minimum absolute atomic E-state index is 0.516. The molecule has 0 saturated carbocycles. The number of nitrogens with zero attached hydrogens (tertiary/aromatic N) is 1. The third-order valence-corrected chi connectivity index (χ3v) is 3.59. The van der Waals surface area contributed by atoms with E-state index in [4.69, 9.17) is 5.73 Å². The molecule has 2 N–H and O–H groups in total. The Morgan fingerprint density at radius 1 is 1.22 bits per heavy atom. The SMILES string of the molecule is CCCCCN(c1cc(Br)cc(CN)c1)C(C)C. The molecule has 0 radical (unpaired) electrons. The van der Waals surface area contributed by atoms with Crippen LogP contribution in [0.25, 0.3) is 0 Å². The summed E-state index contributed by atoms with van der Waals surface area (Å²) in [5, 5.41) is 0. The average molecular weight is 313 g/mol. The first-order valence-corrected chi connectivity index (χ1v) is 7.64. The van der Waals surface area contributed by atoms with Gasteiger partial charge >= 0.3 is 0 Å². The minimum Gasteiger partial charge on any atom is -0.369 e. The van der Waals surface area contributed by atoms with Crippen molar-refractivity contribution in [3.05, 3.63) is 28.2 Å². The quantitative estimate of drug-likeness (QED) is 0.760. The molecule has 3 heteroatoms. The van der Waals surface area contributed by atoms with Gasteiger partial charge in [-0.05, 0) is 44.0 Å². The molecule has 0 amide bonds. The van der Waals surface area contributed by atoms with E-state index in [0.717, 1.165) is 11.0 Å². The molecule has 1 rings (SSSR count). The van der Waals surface area contributed by atoms with Gasteiger partial charge in [-0.25, -0.2) is 0 Å². The van der Waals surface area contributed by atoms with E-state index in [1.165, 1.54) is 30.5 Å². The molecule has 0 spiro atoms. The van der Waals surface area contributed by atoms with Crippen LogP contribution in [-0.4, -0.2) is 12.6 Å². The van der Waals surface area contributed by atoms with E-state index in [-0.39, 0.29) is 0 Å². The van der Waals surface area contributed by atoms with Crippen molar-refractivity contribution >= 4 is 21.6 Å². The second-order valence-corrected chi connectivity index (χ2v) is 5.93. The van der Waals surface area contributed by atoms with Crippen LogP contribution in [0.3, 0.4) is 0 Å². The molecule has 1 aromatic rings. The molecule has 0 unspecified atom stereocenters. The normalized spacial score (nSPS) is 11.0. The Kier molecular flexibility index (Phi) is 6.72. The van der Waals surface area contributed by atoms with Gasteiger partial charge in [0.1, 0.15) is 0 Å². The molecule has 102 valence electrons. The highest BCUT2D eigenvalue weighted by molar-refractivity contribution is 9.10. The number of hydrogen-bond donors (Lipinski definition) is 1. The monoisotopic (exact) mass is 312 g/mol. The minimum atomic E-state index is 0.516. The van der Waals surface area contributed by atoms with E-state index in [0.29, 0.717) is 12.6 Å². The van der Waals surface area contributed by atoms with Crippen LogP contribution in [0.2, 0.25) is 0 Å². The first-order valence-electron chi connectivity index (χ1n) is 6.84. The molecule has 0 aliphatic heterocycles. The highest BCUT2D eigenvalue weighted by Crippen LogP contribution is 2.25. The topological polar surface area (TPSA) is 29.3 Å². The van der Waals surface area contributed by atoms with Crippen LogP contribution in [-0.2, 0) is 6.54 Å². The maximum absolute atomic E-state index is 5.75. The summed E-state index contributed by atoms with van der Waals surface area (Å²) in [6, 6.07) is 7.00. The molecule has 0 aromatic heterocycles. The van der Waals surface area contributed by atoms with Gasteiger partial charge in [0.25, 0.3) is 0 Å². The van der Waals surface area contributed by atoms with Crippen LogP contribution in [0.1, 0.15) is 45.6 Å². The zero-order valence-corrected chi connectivity index (χ0v) is 13.3.